The maximum absolute atomic E-state index is 5.41. The second kappa shape index (κ2) is 25.2. The summed E-state index contributed by atoms with van der Waals surface area (Å²) >= 11 is 0. The van der Waals surface area contributed by atoms with Crippen LogP contribution in [0.25, 0.3) is 194 Å². The van der Waals surface area contributed by atoms with Gasteiger partial charge in [0.1, 0.15) is 6.33 Å². The third-order valence-electron chi connectivity index (χ3n) is 21.3. The molecule has 0 aliphatic carbocycles. The van der Waals surface area contributed by atoms with E-state index in [2.05, 4.69) is 399 Å². The number of aromatic nitrogens is 9. The summed E-state index contributed by atoms with van der Waals surface area (Å²) in [5.74, 6) is 0.662. The van der Waals surface area contributed by atoms with E-state index < -0.39 is 0 Å². The number of fused-ring (bicyclic) bond motifs is 15. The molecule has 0 N–H and O–H groups in total. The smallest absolute Gasteiger partial charge is 0.160 e. The lowest BCUT2D eigenvalue weighted by molar-refractivity contribution is 1.15. The number of rotatable bonds is 10. The van der Waals surface area contributed by atoms with Gasteiger partial charge in [0.2, 0.25) is 0 Å². The first-order valence-electron chi connectivity index (χ1n) is 36.2. The topological polar surface area (TPSA) is 76.2 Å². The molecular formula is C98H63N9. The van der Waals surface area contributed by atoms with Crippen molar-refractivity contribution < 1.29 is 0 Å². The Bertz CT molecular complexity index is 6440. The molecule has 0 spiro atoms. The first-order valence-corrected chi connectivity index (χ1v) is 36.2. The van der Waals surface area contributed by atoms with Crippen molar-refractivity contribution in [2.24, 2.45) is 0 Å². The summed E-state index contributed by atoms with van der Waals surface area (Å²) in [6, 6.07) is 134. The predicted molar refractivity (Wildman–Crippen MR) is 443 cm³/mol. The van der Waals surface area contributed by atoms with Crippen molar-refractivity contribution in [3.8, 4) is 84.9 Å². The largest absolute Gasteiger partial charge is 0.309 e. The molecule has 500 valence electrons. The Morgan fingerprint density at radius 3 is 0.579 bits per heavy atom. The van der Waals surface area contributed by atoms with Gasteiger partial charge in [-0.15, -0.1) is 0 Å². The monoisotopic (exact) mass is 1370 g/mol. The molecule has 0 radical (unpaired) electrons. The van der Waals surface area contributed by atoms with Crippen LogP contribution in [0.5, 0.6) is 0 Å². The van der Waals surface area contributed by atoms with Gasteiger partial charge in [0.25, 0.3) is 0 Å². The predicted octanol–water partition coefficient (Wildman–Crippen LogP) is 24.8. The molecule has 22 aromatic rings. The van der Waals surface area contributed by atoms with Crippen molar-refractivity contribution >= 4 is 109 Å². The molecule has 107 heavy (non-hydrogen) atoms. The zero-order valence-corrected chi connectivity index (χ0v) is 57.9. The van der Waals surface area contributed by atoms with Crippen LogP contribution in [0.2, 0.25) is 0 Å². The van der Waals surface area contributed by atoms with Gasteiger partial charge in [-0.05, 0) is 133 Å². The molecule has 15 aromatic carbocycles. The summed E-state index contributed by atoms with van der Waals surface area (Å²) in [5, 5.41) is 12.4. The van der Waals surface area contributed by atoms with Crippen molar-refractivity contribution in [2.75, 3.05) is 0 Å². The summed E-state index contributed by atoms with van der Waals surface area (Å²) < 4.78 is 11.8. The van der Waals surface area contributed by atoms with Crippen molar-refractivity contribution in [3.63, 3.8) is 0 Å². The molecule has 0 amide bonds. The summed E-state index contributed by atoms with van der Waals surface area (Å²) in [6.07, 6.45) is 1.67. The number of benzene rings is 15. The Morgan fingerprint density at radius 1 is 0.159 bits per heavy atom. The lowest BCUT2D eigenvalue weighted by Gasteiger charge is -2.14. The minimum Gasteiger partial charge on any atom is -0.309 e. The number of hydrogen-bond donors (Lipinski definition) is 0. The van der Waals surface area contributed by atoms with Crippen LogP contribution in [0.15, 0.2) is 382 Å². The number of nitrogens with zero attached hydrogens (tertiary/aromatic N) is 9. The first-order chi connectivity index (χ1) is 53.1. The Kier molecular flexibility index (Phi) is 14.4. The molecule has 0 saturated heterocycles. The molecule has 0 aliphatic rings. The Morgan fingerprint density at radius 2 is 0.346 bits per heavy atom. The van der Waals surface area contributed by atoms with E-state index in [4.69, 9.17) is 19.9 Å². The third kappa shape index (κ3) is 10.2. The molecule has 0 atom stereocenters. The van der Waals surface area contributed by atoms with E-state index >= 15 is 0 Å². The highest BCUT2D eigenvalue weighted by Crippen LogP contribution is 2.41. The van der Waals surface area contributed by atoms with Gasteiger partial charge in [0, 0.05) is 110 Å². The van der Waals surface area contributed by atoms with Crippen molar-refractivity contribution in [2.45, 2.75) is 0 Å². The average Bonchev–Trinajstić information content (AvgIpc) is 1.63. The molecule has 0 bridgehead atoms. The second-order valence-electron chi connectivity index (χ2n) is 27.4. The highest BCUT2D eigenvalue weighted by Gasteiger charge is 2.21. The van der Waals surface area contributed by atoms with Crippen molar-refractivity contribution in [1.82, 2.24) is 42.8 Å². The minimum absolute atomic E-state index is 0.662. The summed E-state index contributed by atoms with van der Waals surface area (Å²) in [6.45, 7) is 0. The van der Waals surface area contributed by atoms with Gasteiger partial charge >= 0.3 is 0 Å². The van der Waals surface area contributed by atoms with E-state index in [1.807, 2.05) is 0 Å². The van der Waals surface area contributed by atoms with Gasteiger partial charge in [-0.3, -0.25) is 0 Å². The molecule has 9 heteroatoms. The fourth-order valence-corrected chi connectivity index (χ4v) is 16.6. The van der Waals surface area contributed by atoms with E-state index in [0.717, 1.165) is 90.1 Å². The van der Waals surface area contributed by atoms with Crippen LogP contribution in [-0.2, 0) is 0 Å². The van der Waals surface area contributed by atoms with Crippen LogP contribution in [0.3, 0.4) is 0 Å². The Labute approximate surface area is 615 Å². The molecular weight excluding hydrogens is 1300 g/mol. The highest BCUT2D eigenvalue weighted by atomic mass is 15.0. The van der Waals surface area contributed by atoms with Crippen LogP contribution in [0.1, 0.15) is 0 Å². The number of para-hydroxylation sites is 10. The van der Waals surface area contributed by atoms with Crippen LogP contribution in [0, 0.1) is 0 Å². The van der Waals surface area contributed by atoms with E-state index in [0.29, 0.717) is 5.82 Å². The fraction of sp³-hybridized carbons (Fsp3) is 0. The van der Waals surface area contributed by atoms with Gasteiger partial charge in [0.15, 0.2) is 5.82 Å². The zero-order chi connectivity index (χ0) is 70.5. The van der Waals surface area contributed by atoms with Gasteiger partial charge in [-0.1, -0.05) is 243 Å². The molecule has 7 heterocycles. The average molecular weight is 1370 g/mol. The summed E-state index contributed by atoms with van der Waals surface area (Å²) in [4.78, 5) is 20.2. The standard InChI is InChI=1S/C58H37N5.C40H26N4/c1-7-28-52-44(22-1)45-23-2-8-29-53(45)61(52)41-19-13-16-38(34-41)50-37-51(39-17-14-20-42(35-39)62-54-30-9-3-24-46(54)47-25-4-10-31-55(47)62)60-58(59-50)40-18-15-21-43(36-40)63-56-32-11-5-26-48(56)49-27-6-12-33-57(49)63;1-5-19-37-31(15-1)32-16-2-6-20-38(32)43(37)29-13-9-11-27(23-29)35-25-36(42-26-41-35)28-12-10-14-30(24-28)44-39-21-7-3-17-33(39)34-18-4-8-22-40(34)44/h1-37H;1-26H. The van der Waals surface area contributed by atoms with E-state index in [1.54, 1.807) is 6.33 Å². The van der Waals surface area contributed by atoms with Crippen LogP contribution in [-0.4, -0.2) is 42.8 Å². The lowest BCUT2D eigenvalue weighted by atomic mass is 10.0. The molecule has 9 nitrogen and oxygen atoms in total. The molecule has 22 rings (SSSR count). The molecule has 0 saturated carbocycles. The van der Waals surface area contributed by atoms with Gasteiger partial charge < -0.3 is 22.8 Å². The lowest BCUT2D eigenvalue weighted by Crippen LogP contribution is -2.00. The van der Waals surface area contributed by atoms with E-state index in [9.17, 15) is 0 Å². The zero-order valence-electron chi connectivity index (χ0n) is 57.9. The van der Waals surface area contributed by atoms with Crippen molar-refractivity contribution in [1.29, 1.82) is 0 Å². The SMILES string of the molecule is c1cc(-c2cc(-c3cccc(-n4c5ccccc5c5ccccc54)c3)nc(-c3cccc(-n4c5ccccc5c5ccccc54)c3)n2)cc(-n2c3ccccc3c3ccccc32)c1.c1cc(-c2cc(-c3cccc(-n4c5ccccc5c5ccccc54)c3)ncn2)cc(-n2c3ccccc3c3ccccc32)c1. The van der Waals surface area contributed by atoms with E-state index in [-0.39, 0.29) is 0 Å². The first kappa shape index (κ1) is 61.2. The number of hydrogen-bond acceptors (Lipinski definition) is 4. The van der Waals surface area contributed by atoms with Crippen LogP contribution in [0.4, 0.5) is 0 Å². The van der Waals surface area contributed by atoms with Crippen molar-refractivity contribution in [3.05, 3.63) is 382 Å². The second-order valence-corrected chi connectivity index (χ2v) is 27.4. The molecule has 0 unspecified atom stereocenters. The normalized spacial score (nSPS) is 11.7. The minimum atomic E-state index is 0.662. The van der Waals surface area contributed by atoms with Gasteiger partial charge in [-0.25, -0.2) is 19.9 Å². The highest BCUT2D eigenvalue weighted by molar-refractivity contribution is 6.13. The molecule has 0 aliphatic heterocycles. The Balaban J connectivity index is 0.000000146. The third-order valence-corrected chi connectivity index (χ3v) is 21.3. The van der Waals surface area contributed by atoms with E-state index in [1.165, 1.54) is 98.0 Å². The maximum atomic E-state index is 5.41. The molecule has 0 fully saturated rings. The summed E-state index contributed by atoms with van der Waals surface area (Å²) in [5.41, 5.74) is 25.7. The fourth-order valence-electron chi connectivity index (χ4n) is 16.6. The van der Waals surface area contributed by atoms with Gasteiger partial charge in [-0.2, -0.15) is 0 Å². The Hall–Kier alpha value is -14.5. The summed E-state index contributed by atoms with van der Waals surface area (Å²) in [7, 11) is 0. The van der Waals surface area contributed by atoms with Crippen LogP contribution < -0.4 is 0 Å². The van der Waals surface area contributed by atoms with Gasteiger partial charge in [0.05, 0.1) is 77.9 Å². The molecule has 7 aromatic heterocycles. The maximum Gasteiger partial charge on any atom is 0.160 e. The van der Waals surface area contributed by atoms with Crippen LogP contribution >= 0.6 is 0 Å². The quantitative estimate of drug-likeness (QED) is 0.137.